The van der Waals surface area contributed by atoms with Gasteiger partial charge in [0.05, 0.1) is 0 Å². The van der Waals surface area contributed by atoms with Gasteiger partial charge in [-0.1, -0.05) is 44.2 Å². The minimum absolute atomic E-state index is 0.0130. The van der Waals surface area contributed by atoms with E-state index in [1.54, 1.807) is 0 Å². The Morgan fingerprint density at radius 3 is 2.64 bits per heavy atom. The molecule has 3 rings (SSSR count). The van der Waals surface area contributed by atoms with E-state index >= 15 is 0 Å². The number of carbonyl (C=O) groups excluding carboxylic acids is 2. The Hall–Kier alpha value is -1.97. The van der Waals surface area contributed by atoms with Crippen LogP contribution in [0.2, 0.25) is 0 Å². The molecule has 2 fully saturated rings. The molecule has 4 nitrogen and oxygen atoms in total. The summed E-state index contributed by atoms with van der Waals surface area (Å²) in [4.78, 5) is 23.9. The van der Waals surface area contributed by atoms with Gasteiger partial charge in [0.2, 0.25) is 5.91 Å². The lowest BCUT2D eigenvalue weighted by molar-refractivity contribution is -0.123. The van der Waals surface area contributed by atoms with Crippen molar-refractivity contribution in [1.29, 1.82) is 0 Å². The lowest BCUT2D eigenvalue weighted by Gasteiger charge is -2.29. The Bertz CT molecular complexity index is 619. The van der Waals surface area contributed by atoms with Gasteiger partial charge in [-0.05, 0) is 29.7 Å². The summed E-state index contributed by atoms with van der Waals surface area (Å²) in [5.41, 5.74) is 4.63. The summed E-state index contributed by atoms with van der Waals surface area (Å²) >= 11 is 0. The van der Waals surface area contributed by atoms with Crippen LogP contribution in [0.3, 0.4) is 0 Å². The Morgan fingerprint density at radius 2 is 1.95 bits per heavy atom. The molecule has 2 aliphatic rings. The molecule has 0 bridgehead atoms. The van der Waals surface area contributed by atoms with Crippen LogP contribution in [0.25, 0.3) is 0 Å². The van der Waals surface area contributed by atoms with Gasteiger partial charge >= 0.3 is 0 Å². The average molecular weight is 298 g/mol. The minimum atomic E-state index is -0.0505. The molecule has 0 aromatic heterocycles. The zero-order valence-corrected chi connectivity index (χ0v) is 13.1. The van der Waals surface area contributed by atoms with E-state index in [0.717, 1.165) is 18.6 Å². The van der Waals surface area contributed by atoms with Crippen molar-refractivity contribution in [3.05, 3.63) is 35.9 Å². The standard InChI is InChI=1S/C18H22N2O2/c1-18(2)10-13(8-14(21)11-18)19-20-17(22)16-9-15(16)12-6-4-3-5-7-12/h3-7,15-16H,8-11H2,1-2H3,(H,20,22)/b19-13+/t15-,16+/m0/s1. The zero-order valence-electron chi connectivity index (χ0n) is 13.1. The molecule has 1 aromatic carbocycles. The first kappa shape index (κ1) is 14.9. The van der Waals surface area contributed by atoms with Crippen LogP contribution in [-0.2, 0) is 9.59 Å². The molecule has 0 radical (unpaired) electrons. The molecule has 1 amide bonds. The fraction of sp³-hybridized carbons (Fsp3) is 0.500. The molecule has 0 spiro atoms. The van der Waals surface area contributed by atoms with Crippen molar-refractivity contribution in [2.45, 2.75) is 45.4 Å². The maximum atomic E-state index is 12.2. The summed E-state index contributed by atoms with van der Waals surface area (Å²) in [6, 6.07) is 10.1. The van der Waals surface area contributed by atoms with Gasteiger partial charge < -0.3 is 0 Å². The first-order valence-corrected chi connectivity index (χ1v) is 7.86. The Balaban J connectivity index is 1.57. The van der Waals surface area contributed by atoms with Gasteiger partial charge in [0, 0.05) is 24.5 Å². The van der Waals surface area contributed by atoms with Crippen molar-refractivity contribution in [3.8, 4) is 0 Å². The van der Waals surface area contributed by atoms with Crippen molar-refractivity contribution in [2.75, 3.05) is 0 Å². The van der Waals surface area contributed by atoms with Crippen LogP contribution in [0.4, 0.5) is 0 Å². The number of ketones is 1. The highest BCUT2D eigenvalue weighted by atomic mass is 16.2. The number of nitrogens with zero attached hydrogens (tertiary/aromatic N) is 1. The normalized spacial score (nSPS) is 28.5. The SMILES string of the molecule is CC1(C)CC(=O)C/C(=N\NC(=O)[C@@H]2C[C@H]2c2ccccc2)C1. The van der Waals surface area contributed by atoms with Gasteiger partial charge in [-0.25, -0.2) is 5.43 Å². The largest absolute Gasteiger partial charge is 0.299 e. The Labute approximate surface area is 131 Å². The maximum absolute atomic E-state index is 12.2. The molecule has 22 heavy (non-hydrogen) atoms. The van der Waals surface area contributed by atoms with E-state index < -0.39 is 0 Å². The summed E-state index contributed by atoms with van der Waals surface area (Å²) < 4.78 is 0. The van der Waals surface area contributed by atoms with E-state index in [2.05, 4.69) is 36.5 Å². The molecule has 0 unspecified atom stereocenters. The smallest absolute Gasteiger partial charge is 0.243 e. The molecule has 0 saturated heterocycles. The van der Waals surface area contributed by atoms with Crippen LogP contribution in [0, 0.1) is 11.3 Å². The lowest BCUT2D eigenvalue weighted by atomic mass is 9.76. The first-order valence-electron chi connectivity index (χ1n) is 7.86. The second kappa shape index (κ2) is 5.67. The van der Waals surface area contributed by atoms with E-state index in [9.17, 15) is 9.59 Å². The molecule has 2 saturated carbocycles. The van der Waals surface area contributed by atoms with Crippen LogP contribution in [0.1, 0.15) is 51.0 Å². The molecule has 116 valence electrons. The third-order valence-corrected chi connectivity index (χ3v) is 4.44. The average Bonchev–Trinajstić information content (AvgIpc) is 3.24. The molecule has 2 atom stereocenters. The van der Waals surface area contributed by atoms with Gasteiger partial charge in [0.1, 0.15) is 5.78 Å². The van der Waals surface area contributed by atoms with E-state index in [-0.39, 0.29) is 23.0 Å². The summed E-state index contributed by atoms with van der Waals surface area (Å²) in [5.74, 6) is 0.500. The van der Waals surface area contributed by atoms with E-state index in [1.807, 2.05) is 18.2 Å². The minimum Gasteiger partial charge on any atom is -0.299 e. The number of hydrogen-bond donors (Lipinski definition) is 1. The molecule has 1 N–H and O–H groups in total. The number of hydrogen-bond acceptors (Lipinski definition) is 3. The molecule has 0 aliphatic heterocycles. The Morgan fingerprint density at radius 1 is 1.23 bits per heavy atom. The van der Waals surface area contributed by atoms with Crippen molar-refractivity contribution >= 4 is 17.4 Å². The predicted molar refractivity (Wildman–Crippen MR) is 85.5 cm³/mol. The van der Waals surface area contributed by atoms with Gasteiger partial charge in [0.25, 0.3) is 0 Å². The highest BCUT2D eigenvalue weighted by Crippen LogP contribution is 2.47. The number of nitrogens with one attached hydrogen (secondary N) is 1. The van der Waals surface area contributed by atoms with E-state index in [4.69, 9.17) is 0 Å². The van der Waals surface area contributed by atoms with Crippen LogP contribution < -0.4 is 5.43 Å². The number of amides is 1. The maximum Gasteiger partial charge on any atom is 0.243 e. The van der Waals surface area contributed by atoms with Crippen LogP contribution in [0.5, 0.6) is 0 Å². The van der Waals surface area contributed by atoms with Gasteiger partial charge in [0.15, 0.2) is 0 Å². The fourth-order valence-electron chi connectivity index (χ4n) is 3.35. The second-order valence-electron chi connectivity index (χ2n) is 7.25. The number of hydrazone groups is 1. The summed E-state index contributed by atoms with van der Waals surface area (Å²) in [6.07, 6.45) is 2.62. The lowest BCUT2D eigenvalue weighted by Crippen LogP contribution is -2.31. The monoisotopic (exact) mass is 298 g/mol. The first-order chi connectivity index (χ1) is 10.4. The van der Waals surface area contributed by atoms with E-state index in [0.29, 0.717) is 18.8 Å². The third-order valence-electron chi connectivity index (χ3n) is 4.44. The molecular weight excluding hydrogens is 276 g/mol. The Kier molecular flexibility index (Phi) is 3.85. The predicted octanol–water partition coefficient (Wildman–Crippen LogP) is 3.04. The zero-order chi connectivity index (χ0) is 15.7. The summed E-state index contributed by atoms with van der Waals surface area (Å²) in [6.45, 7) is 4.13. The quantitative estimate of drug-likeness (QED) is 0.872. The van der Waals surface area contributed by atoms with Crippen molar-refractivity contribution in [2.24, 2.45) is 16.4 Å². The van der Waals surface area contributed by atoms with Gasteiger partial charge in [-0.2, -0.15) is 5.10 Å². The van der Waals surface area contributed by atoms with Crippen LogP contribution in [0.15, 0.2) is 35.4 Å². The topological polar surface area (TPSA) is 58.5 Å². The van der Waals surface area contributed by atoms with Crippen LogP contribution >= 0.6 is 0 Å². The summed E-state index contributed by atoms with van der Waals surface area (Å²) in [7, 11) is 0. The molecule has 1 aromatic rings. The van der Waals surface area contributed by atoms with E-state index in [1.165, 1.54) is 5.56 Å². The summed E-state index contributed by atoms with van der Waals surface area (Å²) in [5, 5.41) is 4.21. The number of carbonyl (C=O) groups is 2. The second-order valence-corrected chi connectivity index (χ2v) is 7.25. The third kappa shape index (κ3) is 3.43. The van der Waals surface area contributed by atoms with Gasteiger partial charge in [-0.15, -0.1) is 0 Å². The molecule has 4 heteroatoms. The highest BCUT2D eigenvalue weighted by Gasteiger charge is 2.44. The van der Waals surface area contributed by atoms with Crippen molar-refractivity contribution in [3.63, 3.8) is 0 Å². The van der Waals surface area contributed by atoms with Crippen LogP contribution in [-0.4, -0.2) is 17.4 Å². The molecule has 2 aliphatic carbocycles. The number of benzene rings is 1. The number of Topliss-reactive ketones (excluding diaryl/α,β-unsaturated/α-hetero) is 1. The highest BCUT2D eigenvalue weighted by molar-refractivity contribution is 6.05. The molecular formula is C18H22N2O2. The van der Waals surface area contributed by atoms with Crippen molar-refractivity contribution in [1.82, 2.24) is 5.43 Å². The molecule has 0 heterocycles. The van der Waals surface area contributed by atoms with Crippen molar-refractivity contribution < 1.29 is 9.59 Å². The number of rotatable bonds is 3. The van der Waals surface area contributed by atoms with Gasteiger partial charge in [-0.3, -0.25) is 9.59 Å². The fourth-order valence-corrected chi connectivity index (χ4v) is 3.35.